The average molecular weight is 218 g/mol. The standard InChI is InChI=1S/C10H12FNO.ClH/c1-7(2)12-10(13)8-4-3-5-9(11)6-8;/h3-7H,1-2H3,(H,12,13);1H. The van der Waals surface area contributed by atoms with Crippen LogP contribution in [0.5, 0.6) is 0 Å². The Morgan fingerprint density at radius 2 is 2.07 bits per heavy atom. The Kier molecular flexibility index (Phi) is 5.16. The van der Waals surface area contributed by atoms with E-state index in [0.717, 1.165) is 0 Å². The van der Waals surface area contributed by atoms with Gasteiger partial charge in [0.05, 0.1) is 0 Å². The van der Waals surface area contributed by atoms with Gasteiger partial charge in [-0.2, -0.15) is 0 Å². The molecule has 1 aromatic rings. The summed E-state index contributed by atoms with van der Waals surface area (Å²) in [5.74, 6) is -0.633. The van der Waals surface area contributed by atoms with Crippen LogP contribution in [0.1, 0.15) is 24.2 Å². The first kappa shape index (κ1) is 12.9. The molecule has 14 heavy (non-hydrogen) atoms. The van der Waals surface area contributed by atoms with Gasteiger partial charge in [0.25, 0.3) is 5.91 Å². The van der Waals surface area contributed by atoms with Gasteiger partial charge in [-0.05, 0) is 32.0 Å². The zero-order chi connectivity index (χ0) is 9.84. The second-order valence-corrected chi connectivity index (χ2v) is 3.14. The van der Waals surface area contributed by atoms with Crippen molar-refractivity contribution in [3.05, 3.63) is 35.6 Å². The van der Waals surface area contributed by atoms with Crippen LogP contribution in [0.4, 0.5) is 4.39 Å². The Morgan fingerprint density at radius 1 is 1.43 bits per heavy atom. The number of carbonyl (C=O) groups excluding carboxylic acids is 1. The second kappa shape index (κ2) is 5.60. The monoisotopic (exact) mass is 217 g/mol. The fraction of sp³-hybridized carbons (Fsp3) is 0.300. The van der Waals surface area contributed by atoms with Crippen molar-refractivity contribution in [2.75, 3.05) is 0 Å². The van der Waals surface area contributed by atoms with Crippen LogP contribution in [0.15, 0.2) is 24.3 Å². The maximum atomic E-state index is 12.7. The number of halogens is 2. The summed E-state index contributed by atoms with van der Waals surface area (Å²) in [7, 11) is 0. The molecule has 4 heteroatoms. The Bertz CT molecular complexity index is 315. The SMILES string of the molecule is CC(C)NC(=O)c1cccc(F)c1.Cl. The van der Waals surface area contributed by atoms with Crippen molar-refractivity contribution < 1.29 is 9.18 Å². The van der Waals surface area contributed by atoms with Gasteiger partial charge >= 0.3 is 0 Å². The molecule has 0 saturated heterocycles. The molecule has 2 nitrogen and oxygen atoms in total. The van der Waals surface area contributed by atoms with E-state index in [1.165, 1.54) is 18.2 Å². The summed E-state index contributed by atoms with van der Waals surface area (Å²) in [6, 6.07) is 5.70. The van der Waals surface area contributed by atoms with Crippen LogP contribution in [0, 0.1) is 5.82 Å². The van der Waals surface area contributed by atoms with Gasteiger partial charge in [-0.3, -0.25) is 4.79 Å². The summed E-state index contributed by atoms with van der Waals surface area (Å²) in [6.45, 7) is 3.72. The maximum absolute atomic E-state index is 12.7. The third-order valence-electron chi connectivity index (χ3n) is 1.51. The molecule has 0 heterocycles. The van der Waals surface area contributed by atoms with E-state index in [-0.39, 0.29) is 24.4 Å². The molecule has 0 aliphatic heterocycles. The van der Waals surface area contributed by atoms with Crippen molar-refractivity contribution in [2.24, 2.45) is 0 Å². The lowest BCUT2D eigenvalue weighted by Gasteiger charge is -2.07. The lowest BCUT2D eigenvalue weighted by molar-refractivity contribution is 0.0942. The number of nitrogens with one attached hydrogen (secondary N) is 1. The summed E-state index contributed by atoms with van der Waals surface area (Å²) >= 11 is 0. The summed E-state index contributed by atoms with van der Waals surface area (Å²) in [4.78, 5) is 11.3. The van der Waals surface area contributed by atoms with Gasteiger partial charge in [0, 0.05) is 11.6 Å². The minimum absolute atomic E-state index is 0. The minimum atomic E-state index is -0.392. The third-order valence-corrected chi connectivity index (χ3v) is 1.51. The van der Waals surface area contributed by atoms with Crippen LogP contribution < -0.4 is 5.32 Å². The average Bonchev–Trinajstić information content (AvgIpc) is 2.03. The van der Waals surface area contributed by atoms with E-state index < -0.39 is 5.82 Å². The van der Waals surface area contributed by atoms with Crippen LogP contribution in [-0.2, 0) is 0 Å². The fourth-order valence-corrected chi connectivity index (χ4v) is 0.975. The number of benzene rings is 1. The molecular formula is C10H13ClFNO. The fourth-order valence-electron chi connectivity index (χ4n) is 0.975. The van der Waals surface area contributed by atoms with Gasteiger partial charge in [0.2, 0.25) is 0 Å². The third kappa shape index (κ3) is 3.75. The van der Waals surface area contributed by atoms with Gasteiger partial charge in [-0.25, -0.2) is 4.39 Å². The lowest BCUT2D eigenvalue weighted by atomic mass is 10.2. The number of carbonyl (C=O) groups is 1. The highest BCUT2D eigenvalue weighted by Crippen LogP contribution is 2.03. The minimum Gasteiger partial charge on any atom is -0.350 e. The highest BCUT2D eigenvalue weighted by Gasteiger charge is 2.06. The van der Waals surface area contributed by atoms with Crippen molar-refractivity contribution in [1.29, 1.82) is 0 Å². The zero-order valence-electron chi connectivity index (χ0n) is 8.08. The molecule has 0 saturated carbocycles. The first-order valence-corrected chi connectivity index (χ1v) is 4.16. The topological polar surface area (TPSA) is 29.1 Å². The number of amides is 1. The molecule has 78 valence electrons. The summed E-state index contributed by atoms with van der Waals surface area (Å²) in [5.41, 5.74) is 0.355. The zero-order valence-corrected chi connectivity index (χ0v) is 8.90. The van der Waals surface area contributed by atoms with Gasteiger partial charge in [0.1, 0.15) is 5.82 Å². The molecule has 0 fully saturated rings. The van der Waals surface area contributed by atoms with E-state index in [9.17, 15) is 9.18 Å². The van der Waals surface area contributed by atoms with E-state index in [0.29, 0.717) is 5.56 Å². The first-order valence-electron chi connectivity index (χ1n) is 4.16. The molecular weight excluding hydrogens is 205 g/mol. The molecule has 0 spiro atoms. The lowest BCUT2D eigenvalue weighted by Crippen LogP contribution is -2.30. The van der Waals surface area contributed by atoms with Crippen LogP contribution in [0.25, 0.3) is 0 Å². The Hall–Kier alpha value is -1.09. The highest BCUT2D eigenvalue weighted by atomic mass is 35.5. The second-order valence-electron chi connectivity index (χ2n) is 3.14. The molecule has 1 amide bonds. The number of rotatable bonds is 2. The van der Waals surface area contributed by atoms with Crippen molar-refractivity contribution in [3.8, 4) is 0 Å². The molecule has 0 atom stereocenters. The molecule has 0 aliphatic carbocycles. The number of hydrogen-bond acceptors (Lipinski definition) is 1. The predicted molar refractivity (Wildman–Crippen MR) is 56.3 cm³/mol. The molecule has 1 aromatic carbocycles. The smallest absolute Gasteiger partial charge is 0.251 e. The van der Waals surface area contributed by atoms with Gasteiger partial charge in [-0.1, -0.05) is 6.07 Å². The molecule has 0 radical (unpaired) electrons. The summed E-state index contributed by atoms with van der Waals surface area (Å²) in [6.07, 6.45) is 0. The predicted octanol–water partition coefficient (Wildman–Crippen LogP) is 2.39. The number of hydrogen-bond donors (Lipinski definition) is 1. The van der Waals surface area contributed by atoms with Crippen molar-refractivity contribution in [3.63, 3.8) is 0 Å². The van der Waals surface area contributed by atoms with Crippen molar-refractivity contribution >= 4 is 18.3 Å². The Labute approximate surface area is 88.9 Å². The molecule has 1 N–H and O–H groups in total. The molecule has 0 aliphatic rings. The van der Waals surface area contributed by atoms with Gasteiger partial charge in [0.15, 0.2) is 0 Å². The molecule has 0 unspecified atom stereocenters. The van der Waals surface area contributed by atoms with Crippen molar-refractivity contribution in [1.82, 2.24) is 5.32 Å². The van der Waals surface area contributed by atoms with Crippen LogP contribution in [-0.4, -0.2) is 11.9 Å². The maximum Gasteiger partial charge on any atom is 0.251 e. The summed E-state index contributed by atoms with van der Waals surface area (Å²) < 4.78 is 12.7. The molecule has 0 bridgehead atoms. The van der Waals surface area contributed by atoms with Gasteiger partial charge in [-0.15, -0.1) is 12.4 Å². The van der Waals surface area contributed by atoms with Gasteiger partial charge < -0.3 is 5.32 Å². The first-order chi connectivity index (χ1) is 6.09. The van der Waals surface area contributed by atoms with Crippen LogP contribution in [0.3, 0.4) is 0 Å². The molecule has 1 rings (SSSR count). The van der Waals surface area contributed by atoms with E-state index in [1.54, 1.807) is 6.07 Å². The van der Waals surface area contributed by atoms with E-state index in [4.69, 9.17) is 0 Å². The quantitative estimate of drug-likeness (QED) is 0.810. The van der Waals surface area contributed by atoms with E-state index in [2.05, 4.69) is 5.32 Å². The van der Waals surface area contributed by atoms with E-state index >= 15 is 0 Å². The van der Waals surface area contributed by atoms with E-state index in [1.807, 2.05) is 13.8 Å². The van der Waals surface area contributed by atoms with Crippen LogP contribution in [0.2, 0.25) is 0 Å². The Morgan fingerprint density at radius 3 is 2.57 bits per heavy atom. The van der Waals surface area contributed by atoms with Crippen LogP contribution >= 0.6 is 12.4 Å². The molecule has 0 aromatic heterocycles. The highest BCUT2D eigenvalue weighted by molar-refractivity contribution is 5.94. The Balaban J connectivity index is 0.00000169. The largest absolute Gasteiger partial charge is 0.350 e. The normalized spacial score (nSPS) is 9.43. The summed E-state index contributed by atoms with van der Waals surface area (Å²) in [5, 5.41) is 2.68. The van der Waals surface area contributed by atoms with Crippen molar-refractivity contribution in [2.45, 2.75) is 19.9 Å².